The number of carbonyl (C=O) groups is 2. The van der Waals surface area contributed by atoms with Crippen molar-refractivity contribution in [3.63, 3.8) is 0 Å². The number of esters is 1. The number of nitrogens with one attached hydrogen (secondary N) is 1. The fraction of sp³-hybridized carbons (Fsp3) is 0.414. The topological polar surface area (TPSA) is 119 Å². The average Bonchev–Trinajstić information content (AvgIpc) is 3.64. The number of rotatable bonds is 9. The standard InChI is InChI=1S/C29H30ClF2N5O4S/c1-4-41-27(38)20-23(15-5-8-19-16(13-15)14-37(36-19)11-9-29(2,3)28(39)40)34-25(26-33-10-12-42-26)35-24(20)17-6-7-18(31)22(32)21(17)30/h6-7,10,12,14-15,24H,4-5,8-9,11,13H2,1-3H3,(H,34,35)(H,39,40). The van der Waals surface area contributed by atoms with Crippen LogP contribution in [0.2, 0.25) is 5.02 Å². The summed E-state index contributed by atoms with van der Waals surface area (Å²) in [6, 6.07) is 1.23. The van der Waals surface area contributed by atoms with E-state index in [0.29, 0.717) is 48.8 Å². The number of carboxylic acids is 1. The Hall–Kier alpha value is -3.64. The van der Waals surface area contributed by atoms with Crippen molar-refractivity contribution in [2.24, 2.45) is 16.3 Å². The highest BCUT2D eigenvalue weighted by molar-refractivity contribution is 7.11. The predicted octanol–water partition coefficient (Wildman–Crippen LogP) is 5.49. The lowest BCUT2D eigenvalue weighted by Gasteiger charge is -2.33. The molecule has 5 rings (SSSR count). The molecule has 3 heterocycles. The van der Waals surface area contributed by atoms with Crippen LogP contribution in [0.4, 0.5) is 8.78 Å². The molecule has 9 nitrogen and oxygen atoms in total. The van der Waals surface area contributed by atoms with Crippen molar-refractivity contribution in [3.05, 3.63) is 79.7 Å². The van der Waals surface area contributed by atoms with Crippen LogP contribution in [-0.2, 0) is 33.7 Å². The van der Waals surface area contributed by atoms with Gasteiger partial charge >= 0.3 is 11.9 Å². The third-order valence-electron chi connectivity index (χ3n) is 7.64. The number of aliphatic imine (C=N–C) groups is 1. The Kier molecular flexibility index (Phi) is 8.47. The molecule has 1 aliphatic heterocycles. The van der Waals surface area contributed by atoms with E-state index in [1.165, 1.54) is 17.4 Å². The highest BCUT2D eigenvalue weighted by Crippen LogP contribution is 2.41. The fourth-order valence-corrected chi connectivity index (χ4v) is 6.01. The maximum Gasteiger partial charge on any atom is 0.338 e. The Morgan fingerprint density at radius 2 is 2.10 bits per heavy atom. The summed E-state index contributed by atoms with van der Waals surface area (Å²) in [5.41, 5.74) is 1.89. The van der Waals surface area contributed by atoms with Crippen molar-refractivity contribution in [2.45, 2.75) is 59.0 Å². The van der Waals surface area contributed by atoms with Crippen LogP contribution in [0.1, 0.15) is 61.5 Å². The van der Waals surface area contributed by atoms with E-state index >= 15 is 0 Å². The average molecular weight is 618 g/mol. The van der Waals surface area contributed by atoms with Gasteiger partial charge in [0.05, 0.1) is 28.3 Å². The van der Waals surface area contributed by atoms with Gasteiger partial charge in [-0.15, -0.1) is 11.3 Å². The van der Waals surface area contributed by atoms with Gasteiger partial charge in [-0.2, -0.15) is 5.10 Å². The Labute approximate surface area is 250 Å². The zero-order valence-corrected chi connectivity index (χ0v) is 24.9. The molecule has 3 aromatic rings. The summed E-state index contributed by atoms with van der Waals surface area (Å²) in [5, 5.41) is 19.4. The maximum absolute atomic E-state index is 14.6. The fourth-order valence-electron chi connectivity index (χ4n) is 5.17. The first-order valence-corrected chi connectivity index (χ1v) is 14.8. The van der Waals surface area contributed by atoms with Crippen LogP contribution in [-0.4, -0.2) is 44.3 Å². The highest BCUT2D eigenvalue weighted by Gasteiger charge is 2.39. The normalized spacial score (nSPS) is 18.8. The molecule has 2 aromatic heterocycles. The number of ether oxygens (including phenoxy) is 1. The minimum Gasteiger partial charge on any atom is -0.481 e. The number of aryl methyl sites for hydroxylation is 2. The van der Waals surface area contributed by atoms with Gasteiger partial charge in [0.25, 0.3) is 0 Å². The molecular formula is C29H30ClF2N5O4S. The van der Waals surface area contributed by atoms with Gasteiger partial charge in [-0.25, -0.2) is 18.6 Å². The molecule has 2 unspecified atom stereocenters. The summed E-state index contributed by atoms with van der Waals surface area (Å²) in [4.78, 5) is 34.1. The molecule has 0 radical (unpaired) electrons. The van der Waals surface area contributed by atoms with Gasteiger partial charge in [-0.1, -0.05) is 17.7 Å². The number of aromatic nitrogens is 3. The van der Waals surface area contributed by atoms with Crippen LogP contribution in [0.25, 0.3) is 0 Å². The summed E-state index contributed by atoms with van der Waals surface area (Å²) in [6.07, 6.45) is 5.76. The van der Waals surface area contributed by atoms with Crippen LogP contribution in [0.5, 0.6) is 0 Å². The number of allylic oxidation sites excluding steroid dienone is 1. The molecule has 1 aromatic carbocycles. The second kappa shape index (κ2) is 11.9. The van der Waals surface area contributed by atoms with Crippen LogP contribution >= 0.6 is 22.9 Å². The number of hydrogen-bond donors (Lipinski definition) is 2. The monoisotopic (exact) mass is 617 g/mol. The third-order valence-corrected chi connectivity index (χ3v) is 8.80. The van der Waals surface area contributed by atoms with Crippen LogP contribution < -0.4 is 5.32 Å². The Morgan fingerprint density at radius 1 is 1.31 bits per heavy atom. The van der Waals surface area contributed by atoms with Gasteiger partial charge < -0.3 is 15.2 Å². The molecule has 0 amide bonds. The van der Waals surface area contributed by atoms with Crippen molar-refractivity contribution in [1.82, 2.24) is 20.1 Å². The van der Waals surface area contributed by atoms with Crippen LogP contribution in [0.15, 0.2) is 46.2 Å². The van der Waals surface area contributed by atoms with Crippen molar-refractivity contribution in [2.75, 3.05) is 6.61 Å². The predicted molar refractivity (Wildman–Crippen MR) is 153 cm³/mol. The molecule has 0 spiro atoms. The lowest BCUT2D eigenvalue weighted by molar-refractivity contribution is -0.147. The molecule has 0 saturated carbocycles. The molecule has 222 valence electrons. The lowest BCUT2D eigenvalue weighted by Crippen LogP contribution is -2.38. The summed E-state index contributed by atoms with van der Waals surface area (Å²) < 4.78 is 35.9. The number of nitrogens with zero attached hydrogens (tertiary/aromatic N) is 4. The zero-order chi connectivity index (χ0) is 30.2. The second-order valence-electron chi connectivity index (χ2n) is 10.9. The number of hydrogen-bond acceptors (Lipinski definition) is 8. The van der Waals surface area contributed by atoms with Crippen molar-refractivity contribution in [1.29, 1.82) is 0 Å². The smallest absolute Gasteiger partial charge is 0.338 e. The number of aliphatic carboxylic acids is 1. The number of fused-ring (bicyclic) bond motifs is 1. The summed E-state index contributed by atoms with van der Waals surface area (Å²) in [5.74, 6) is -3.63. The van der Waals surface area contributed by atoms with Gasteiger partial charge in [0, 0.05) is 41.5 Å². The lowest BCUT2D eigenvalue weighted by atomic mass is 9.81. The van der Waals surface area contributed by atoms with E-state index in [1.807, 2.05) is 6.20 Å². The first kappa shape index (κ1) is 29.8. The zero-order valence-electron chi connectivity index (χ0n) is 23.3. The minimum absolute atomic E-state index is 0.102. The van der Waals surface area contributed by atoms with Crippen molar-refractivity contribution >= 4 is 40.7 Å². The van der Waals surface area contributed by atoms with Gasteiger partial charge in [-0.3, -0.25) is 14.5 Å². The molecule has 2 atom stereocenters. The number of carboxylic acid groups (broad SMARTS) is 1. The van der Waals surface area contributed by atoms with Crippen molar-refractivity contribution < 1.29 is 28.2 Å². The molecule has 1 aliphatic carbocycles. The van der Waals surface area contributed by atoms with Crippen LogP contribution in [0, 0.1) is 23.0 Å². The number of thiazole rings is 1. The molecule has 0 fully saturated rings. The largest absolute Gasteiger partial charge is 0.481 e. The van der Waals surface area contributed by atoms with E-state index in [9.17, 15) is 23.5 Å². The molecular weight excluding hydrogens is 588 g/mol. The van der Waals surface area contributed by atoms with Gasteiger partial charge in [0.15, 0.2) is 22.5 Å². The van der Waals surface area contributed by atoms with Gasteiger partial charge in [0.1, 0.15) is 6.04 Å². The Balaban J connectivity index is 1.55. The molecule has 2 N–H and O–H groups in total. The number of halogens is 3. The molecule has 0 saturated heterocycles. The molecule has 42 heavy (non-hydrogen) atoms. The van der Waals surface area contributed by atoms with E-state index in [0.717, 1.165) is 17.3 Å². The highest BCUT2D eigenvalue weighted by atomic mass is 35.5. The molecule has 0 bridgehead atoms. The number of benzene rings is 1. The first-order chi connectivity index (χ1) is 20.0. The Bertz CT molecular complexity index is 1580. The maximum atomic E-state index is 14.6. The SMILES string of the molecule is CCOC(=O)C1=C(C2CCc3nn(CCC(C)(C)C(=O)O)cc3C2)NC(c2nccs2)=NC1c1ccc(F)c(F)c1Cl. The quantitative estimate of drug-likeness (QED) is 0.241. The van der Waals surface area contributed by atoms with E-state index < -0.39 is 40.1 Å². The van der Waals surface area contributed by atoms with Crippen LogP contribution in [0.3, 0.4) is 0 Å². The number of carbonyl (C=O) groups excluding carboxylic acids is 1. The molecule has 13 heteroatoms. The third kappa shape index (κ3) is 5.82. The number of amidine groups is 1. The summed E-state index contributed by atoms with van der Waals surface area (Å²) >= 11 is 7.64. The van der Waals surface area contributed by atoms with Crippen molar-refractivity contribution in [3.8, 4) is 0 Å². The summed E-state index contributed by atoms with van der Waals surface area (Å²) in [6.45, 7) is 5.61. The van der Waals surface area contributed by atoms with E-state index in [1.54, 1.807) is 37.0 Å². The van der Waals surface area contributed by atoms with E-state index in [-0.39, 0.29) is 23.7 Å². The Morgan fingerprint density at radius 3 is 2.79 bits per heavy atom. The summed E-state index contributed by atoms with van der Waals surface area (Å²) in [7, 11) is 0. The van der Waals surface area contributed by atoms with E-state index in [2.05, 4.69) is 10.3 Å². The van der Waals surface area contributed by atoms with Gasteiger partial charge in [0.2, 0.25) is 0 Å². The molecule has 2 aliphatic rings. The van der Waals surface area contributed by atoms with E-state index in [4.69, 9.17) is 26.4 Å². The minimum atomic E-state index is -1.22. The van der Waals surface area contributed by atoms with Gasteiger partial charge in [-0.05, 0) is 58.1 Å². The second-order valence-corrected chi connectivity index (χ2v) is 12.2. The first-order valence-electron chi connectivity index (χ1n) is 13.6.